The highest BCUT2D eigenvalue weighted by atomic mass is 127. The molecule has 30 heavy (non-hydrogen) atoms. The topological polar surface area (TPSA) is 59.9 Å². The normalized spacial score (nSPS) is 24.0. The molecule has 0 amide bonds. The average Bonchev–Trinajstić information content (AvgIpc) is 3.23. The van der Waals surface area contributed by atoms with Gasteiger partial charge in [0.1, 0.15) is 0 Å². The molecule has 0 aromatic carbocycles. The van der Waals surface area contributed by atoms with Crippen LogP contribution >= 0.6 is 24.0 Å². The second-order valence-electron chi connectivity index (χ2n) is 8.75. The molecule has 8 heteroatoms. The maximum absolute atomic E-state index is 4.57. The molecule has 3 aliphatic rings. The van der Waals surface area contributed by atoms with E-state index < -0.39 is 0 Å². The first-order chi connectivity index (χ1) is 14.3. The van der Waals surface area contributed by atoms with Gasteiger partial charge in [0.05, 0.1) is 0 Å². The van der Waals surface area contributed by atoms with Crippen LogP contribution in [0.1, 0.15) is 44.9 Å². The Labute approximate surface area is 198 Å². The number of halogens is 1. The summed E-state index contributed by atoms with van der Waals surface area (Å²) >= 11 is 0. The standard InChI is InChI=1S/C22H37N7.HI/c1-23-21(27-13-15-28(16-14-27)22-24-10-6-11-25-22)26-17-20-9-5-12-29(20)18-19-7-3-2-4-8-19;/h6,10-11,19-20H,2-5,7-9,12-18H2,1H3,(H,23,26);1H. The van der Waals surface area contributed by atoms with Crippen molar-refractivity contribution >= 4 is 35.9 Å². The van der Waals surface area contributed by atoms with Gasteiger partial charge in [-0.05, 0) is 44.2 Å². The molecule has 1 atom stereocenters. The van der Waals surface area contributed by atoms with Crippen LogP contribution in [0.2, 0.25) is 0 Å². The largest absolute Gasteiger partial charge is 0.355 e. The third-order valence-corrected chi connectivity index (χ3v) is 6.84. The van der Waals surface area contributed by atoms with E-state index in [1.807, 2.05) is 25.5 Å². The number of hydrogen-bond acceptors (Lipinski definition) is 5. The number of rotatable bonds is 5. The Morgan fingerprint density at radius 1 is 1.00 bits per heavy atom. The molecular weight excluding hydrogens is 489 g/mol. The molecule has 0 spiro atoms. The van der Waals surface area contributed by atoms with Crippen LogP contribution < -0.4 is 10.2 Å². The van der Waals surface area contributed by atoms with E-state index >= 15 is 0 Å². The lowest BCUT2D eigenvalue weighted by Gasteiger charge is -2.37. The molecule has 2 saturated heterocycles. The second-order valence-corrected chi connectivity index (χ2v) is 8.75. The zero-order chi connectivity index (χ0) is 19.9. The van der Waals surface area contributed by atoms with Gasteiger partial charge in [-0.3, -0.25) is 9.89 Å². The van der Waals surface area contributed by atoms with Crippen LogP contribution in [-0.4, -0.2) is 84.6 Å². The van der Waals surface area contributed by atoms with Gasteiger partial charge in [-0.1, -0.05) is 19.3 Å². The van der Waals surface area contributed by atoms with E-state index in [1.165, 1.54) is 58.0 Å². The molecule has 4 rings (SSSR count). The van der Waals surface area contributed by atoms with Crippen LogP contribution in [0, 0.1) is 5.92 Å². The molecular formula is C22H38IN7. The molecule has 1 saturated carbocycles. The number of nitrogens with one attached hydrogen (secondary N) is 1. The van der Waals surface area contributed by atoms with Crippen molar-refractivity contribution in [1.29, 1.82) is 0 Å². The fourth-order valence-electron chi connectivity index (χ4n) is 5.18. The molecule has 1 unspecified atom stereocenters. The van der Waals surface area contributed by atoms with Crippen LogP contribution in [0.25, 0.3) is 0 Å². The van der Waals surface area contributed by atoms with E-state index in [1.54, 1.807) is 0 Å². The van der Waals surface area contributed by atoms with Gasteiger partial charge < -0.3 is 15.1 Å². The first-order valence-corrected chi connectivity index (χ1v) is 11.5. The fraction of sp³-hybridized carbons (Fsp3) is 0.773. The quantitative estimate of drug-likeness (QED) is 0.361. The van der Waals surface area contributed by atoms with Crippen LogP contribution in [0.3, 0.4) is 0 Å². The Morgan fingerprint density at radius 2 is 1.73 bits per heavy atom. The van der Waals surface area contributed by atoms with E-state index in [9.17, 15) is 0 Å². The lowest BCUT2D eigenvalue weighted by Crippen LogP contribution is -2.54. The smallest absolute Gasteiger partial charge is 0.225 e. The van der Waals surface area contributed by atoms with Gasteiger partial charge in [-0.25, -0.2) is 9.97 Å². The molecule has 168 valence electrons. The number of nitrogens with zero attached hydrogens (tertiary/aromatic N) is 6. The molecule has 7 nitrogen and oxygen atoms in total. The highest BCUT2D eigenvalue weighted by molar-refractivity contribution is 14.0. The summed E-state index contributed by atoms with van der Waals surface area (Å²) in [6.07, 6.45) is 13.5. The number of aliphatic imine (C=N–C) groups is 1. The van der Waals surface area contributed by atoms with Crippen molar-refractivity contribution in [2.45, 2.75) is 51.0 Å². The summed E-state index contributed by atoms with van der Waals surface area (Å²) in [7, 11) is 1.91. The molecule has 0 bridgehead atoms. The van der Waals surface area contributed by atoms with Gasteiger partial charge in [0.25, 0.3) is 0 Å². The Bertz CT molecular complexity index is 642. The van der Waals surface area contributed by atoms with Gasteiger partial charge in [-0.15, -0.1) is 24.0 Å². The van der Waals surface area contributed by atoms with Gasteiger partial charge in [0.15, 0.2) is 5.96 Å². The number of aromatic nitrogens is 2. The van der Waals surface area contributed by atoms with Crippen LogP contribution in [-0.2, 0) is 0 Å². The molecule has 2 aliphatic heterocycles. The van der Waals surface area contributed by atoms with Crippen molar-refractivity contribution < 1.29 is 0 Å². The van der Waals surface area contributed by atoms with Crippen molar-refractivity contribution in [1.82, 2.24) is 25.1 Å². The summed E-state index contributed by atoms with van der Waals surface area (Å²) in [6, 6.07) is 2.53. The zero-order valence-corrected chi connectivity index (χ0v) is 20.7. The summed E-state index contributed by atoms with van der Waals surface area (Å²) in [4.78, 5) is 20.7. The molecule has 1 N–H and O–H groups in total. The van der Waals surface area contributed by atoms with E-state index in [0.717, 1.165) is 50.5 Å². The fourth-order valence-corrected chi connectivity index (χ4v) is 5.18. The summed E-state index contributed by atoms with van der Waals surface area (Å²) in [6.45, 7) is 7.37. The van der Waals surface area contributed by atoms with Crippen LogP contribution in [0.15, 0.2) is 23.5 Å². The van der Waals surface area contributed by atoms with Crippen LogP contribution in [0.5, 0.6) is 0 Å². The maximum Gasteiger partial charge on any atom is 0.225 e. The lowest BCUT2D eigenvalue weighted by molar-refractivity contribution is 0.187. The van der Waals surface area contributed by atoms with E-state index in [-0.39, 0.29) is 24.0 Å². The van der Waals surface area contributed by atoms with E-state index in [2.05, 4.69) is 35.0 Å². The molecule has 3 fully saturated rings. The Hall–Kier alpha value is -1.16. The van der Waals surface area contributed by atoms with Crippen molar-refractivity contribution in [3.8, 4) is 0 Å². The third-order valence-electron chi connectivity index (χ3n) is 6.84. The first kappa shape index (κ1) is 23.5. The van der Waals surface area contributed by atoms with E-state index in [4.69, 9.17) is 0 Å². The van der Waals surface area contributed by atoms with Crippen LogP contribution in [0.4, 0.5) is 5.95 Å². The highest BCUT2D eigenvalue weighted by Crippen LogP contribution is 2.27. The minimum absolute atomic E-state index is 0. The predicted octanol–water partition coefficient (Wildman–Crippen LogP) is 2.84. The van der Waals surface area contributed by atoms with Gasteiger partial charge in [0, 0.05) is 64.8 Å². The summed E-state index contributed by atoms with van der Waals surface area (Å²) in [5, 5.41) is 3.69. The number of piperazine rings is 1. The molecule has 0 radical (unpaired) electrons. The highest BCUT2D eigenvalue weighted by Gasteiger charge is 2.28. The summed E-state index contributed by atoms with van der Waals surface area (Å²) < 4.78 is 0. The average molecular weight is 527 g/mol. The molecule has 3 heterocycles. The second kappa shape index (κ2) is 12.0. The SMILES string of the molecule is CN=C(NCC1CCCN1CC1CCCCC1)N1CCN(c2ncccn2)CC1.I. The van der Waals surface area contributed by atoms with Crippen molar-refractivity contribution in [2.75, 3.05) is 57.8 Å². The molecule has 1 aliphatic carbocycles. The van der Waals surface area contributed by atoms with Crippen molar-refractivity contribution in [3.63, 3.8) is 0 Å². The molecule has 1 aromatic rings. The monoisotopic (exact) mass is 527 g/mol. The summed E-state index contributed by atoms with van der Waals surface area (Å²) in [5.74, 6) is 2.81. The van der Waals surface area contributed by atoms with Gasteiger partial charge in [0.2, 0.25) is 5.95 Å². The molecule has 1 aromatic heterocycles. The third kappa shape index (κ3) is 6.18. The van der Waals surface area contributed by atoms with Crippen molar-refractivity contribution in [2.24, 2.45) is 10.9 Å². The van der Waals surface area contributed by atoms with Gasteiger partial charge in [-0.2, -0.15) is 0 Å². The predicted molar refractivity (Wildman–Crippen MR) is 134 cm³/mol. The first-order valence-electron chi connectivity index (χ1n) is 11.5. The Kier molecular flexibility index (Phi) is 9.42. The zero-order valence-electron chi connectivity index (χ0n) is 18.4. The number of anilines is 1. The Morgan fingerprint density at radius 3 is 2.43 bits per heavy atom. The van der Waals surface area contributed by atoms with Crippen molar-refractivity contribution in [3.05, 3.63) is 18.5 Å². The minimum Gasteiger partial charge on any atom is -0.355 e. The Balaban J connectivity index is 0.00000256. The maximum atomic E-state index is 4.57. The number of guanidine groups is 1. The summed E-state index contributed by atoms with van der Waals surface area (Å²) in [5.41, 5.74) is 0. The number of hydrogen-bond donors (Lipinski definition) is 1. The lowest BCUT2D eigenvalue weighted by atomic mass is 9.89. The van der Waals surface area contributed by atoms with Gasteiger partial charge >= 0.3 is 0 Å². The van der Waals surface area contributed by atoms with E-state index in [0.29, 0.717) is 6.04 Å². The number of likely N-dealkylation sites (tertiary alicyclic amines) is 1. The minimum atomic E-state index is 0.